The monoisotopic (exact) mass is 320 g/mol. The summed E-state index contributed by atoms with van der Waals surface area (Å²) in [6.07, 6.45) is 4.76. The Labute approximate surface area is 141 Å². The van der Waals surface area contributed by atoms with Gasteiger partial charge in [0.1, 0.15) is 5.70 Å². The van der Waals surface area contributed by atoms with Crippen molar-refractivity contribution >= 4 is 24.0 Å². The highest BCUT2D eigenvalue weighted by Crippen LogP contribution is 2.06. The first kappa shape index (κ1) is 17.2. The summed E-state index contributed by atoms with van der Waals surface area (Å²) in [5.74, 6) is -0.671. The second-order valence-electron chi connectivity index (χ2n) is 5.06. The van der Waals surface area contributed by atoms with Gasteiger partial charge < -0.3 is 10.6 Å². The second kappa shape index (κ2) is 9.10. The van der Waals surface area contributed by atoms with Gasteiger partial charge in [-0.1, -0.05) is 60.7 Å². The third kappa shape index (κ3) is 5.57. The van der Waals surface area contributed by atoms with Crippen molar-refractivity contribution in [3.05, 3.63) is 83.6 Å². The average molecular weight is 320 g/mol. The molecule has 2 aromatic rings. The van der Waals surface area contributed by atoms with Crippen molar-refractivity contribution in [2.45, 2.75) is 6.92 Å². The summed E-state index contributed by atoms with van der Waals surface area (Å²) in [6, 6.07) is 18.9. The van der Waals surface area contributed by atoms with E-state index in [0.717, 1.165) is 11.1 Å². The summed E-state index contributed by atoms with van der Waals surface area (Å²) in [4.78, 5) is 24.2. The number of benzene rings is 2. The van der Waals surface area contributed by atoms with E-state index in [2.05, 4.69) is 10.6 Å². The number of likely N-dealkylation sites (N-methyl/N-ethyl adjacent to an activating group) is 1. The Bertz CT molecular complexity index is 735. The van der Waals surface area contributed by atoms with Gasteiger partial charge >= 0.3 is 0 Å². The maximum absolute atomic E-state index is 12.1. The number of rotatable bonds is 6. The van der Waals surface area contributed by atoms with E-state index in [9.17, 15) is 9.59 Å². The fourth-order valence-corrected chi connectivity index (χ4v) is 2.04. The Balaban J connectivity index is 2.13. The van der Waals surface area contributed by atoms with Crippen LogP contribution in [0, 0.1) is 0 Å². The van der Waals surface area contributed by atoms with E-state index in [-0.39, 0.29) is 17.5 Å². The highest BCUT2D eigenvalue weighted by Gasteiger charge is 2.10. The summed E-state index contributed by atoms with van der Waals surface area (Å²) in [5.41, 5.74) is 1.97. The van der Waals surface area contributed by atoms with Crippen molar-refractivity contribution in [1.29, 1.82) is 0 Å². The fourth-order valence-electron chi connectivity index (χ4n) is 2.04. The molecule has 0 fully saturated rings. The van der Waals surface area contributed by atoms with Crippen molar-refractivity contribution < 1.29 is 9.59 Å². The maximum Gasteiger partial charge on any atom is 0.267 e. The van der Waals surface area contributed by atoms with Crippen LogP contribution in [-0.4, -0.2) is 18.4 Å². The highest BCUT2D eigenvalue weighted by molar-refractivity contribution is 6.04. The first-order valence-corrected chi connectivity index (χ1v) is 7.78. The minimum absolute atomic E-state index is 0.214. The Hall–Kier alpha value is -3.14. The van der Waals surface area contributed by atoms with Crippen LogP contribution in [0.3, 0.4) is 0 Å². The maximum atomic E-state index is 12.1. The molecule has 2 amide bonds. The number of hydrogen-bond donors (Lipinski definition) is 2. The predicted molar refractivity (Wildman–Crippen MR) is 96.7 cm³/mol. The van der Waals surface area contributed by atoms with Gasteiger partial charge in [-0.25, -0.2) is 0 Å². The topological polar surface area (TPSA) is 58.2 Å². The van der Waals surface area contributed by atoms with Crippen LogP contribution < -0.4 is 10.6 Å². The Morgan fingerprint density at radius 2 is 1.50 bits per heavy atom. The molecular formula is C20H20N2O2. The summed E-state index contributed by atoms with van der Waals surface area (Å²) < 4.78 is 0. The molecule has 122 valence electrons. The lowest BCUT2D eigenvalue weighted by atomic mass is 10.2. The van der Waals surface area contributed by atoms with Crippen molar-refractivity contribution in [3.8, 4) is 0 Å². The van der Waals surface area contributed by atoms with E-state index < -0.39 is 0 Å². The lowest BCUT2D eigenvalue weighted by molar-refractivity contribution is -0.121. The molecule has 4 heteroatoms. The predicted octanol–water partition coefficient (Wildman–Crippen LogP) is 2.99. The van der Waals surface area contributed by atoms with Crippen LogP contribution in [0.25, 0.3) is 12.2 Å². The van der Waals surface area contributed by atoms with Gasteiger partial charge in [0.15, 0.2) is 0 Å². The highest BCUT2D eigenvalue weighted by atomic mass is 16.2. The summed E-state index contributed by atoms with van der Waals surface area (Å²) in [7, 11) is 0. The van der Waals surface area contributed by atoms with E-state index in [1.54, 1.807) is 12.2 Å². The van der Waals surface area contributed by atoms with Crippen LogP contribution >= 0.6 is 0 Å². The Morgan fingerprint density at radius 3 is 2.08 bits per heavy atom. The number of hydrogen-bond acceptors (Lipinski definition) is 2. The number of carbonyl (C=O) groups excluding carboxylic acids is 2. The molecule has 4 nitrogen and oxygen atoms in total. The van der Waals surface area contributed by atoms with Crippen LogP contribution in [0.5, 0.6) is 0 Å². The molecule has 0 aromatic heterocycles. The van der Waals surface area contributed by atoms with E-state index >= 15 is 0 Å². The summed E-state index contributed by atoms with van der Waals surface area (Å²) in [5, 5.41) is 5.34. The lowest BCUT2D eigenvalue weighted by Gasteiger charge is -2.08. The smallest absolute Gasteiger partial charge is 0.267 e. The van der Waals surface area contributed by atoms with Crippen LogP contribution in [0.1, 0.15) is 18.1 Å². The summed E-state index contributed by atoms with van der Waals surface area (Å²) >= 11 is 0. The molecule has 0 heterocycles. The van der Waals surface area contributed by atoms with Crippen LogP contribution in [-0.2, 0) is 9.59 Å². The molecule has 0 aliphatic heterocycles. The van der Waals surface area contributed by atoms with Gasteiger partial charge in [-0.05, 0) is 30.2 Å². The standard InChI is InChI=1S/C20H20N2O2/c1-2-21-20(24)18(15-17-11-7-4-8-12-17)22-19(23)14-13-16-9-5-3-6-10-16/h3-15H,2H2,1H3,(H,21,24)(H,22,23)/b14-13+,18-15-. The van der Waals surface area contributed by atoms with Gasteiger partial charge in [0.2, 0.25) is 5.91 Å². The molecule has 24 heavy (non-hydrogen) atoms. The average Bonchev–Trinajstić information content (AvgIpc) is 2.61. The molecule has 0 saturated heterocycles. The molecule has 0 saturated carbocycles. The number of nitrogens with one attached hydrogen (secondary N) is 2. The molecule has 0 radical (unpaired) electrons. The zero-order chi connectivity index (χ0) is 17.2. The van der Waals surface area contributed by atoms with Crippen molar-refractivity contribution in [2.75, 3.05) is 6.54 Å². The number of carbonyl (C=O) groups is 2. The quantitative estimate of drug-likeness (QED) is 0.804. The molecule has 2 aromatic carbocycles. The van der Waals surface area contributed by atoms with E-state index in [1.807, 2.05) is 67.6 Å². The zero-order valence-corrected chi connectivity index (χ0v) is 13.5. The molecule has 0 unspecified atom stereocenters. The Morgan fingerprint density at radius 1 is 0.917 bits per heavy atom. The first-order chi connectivity index (χ1) is 11.7. The van der Waals surface area contributed by atoms with Gasteiger partial charge in [-0.15, -0.1) is 0 Å². The van der Waals surface area contributed by atoms with E-state index in [1.165, 1.54) is 6.08 Å². The van der Waals surface area contributed by atoms with E-state index in [0.29, 0.717) is 6.54 Å². The molecular weight excluding hydrogens is 300 g/mol. The molecule has 2 N–H and O–H groups in total. The third-order valence-electron chi connectivity index (χ3n) is 3.18. The zero-order valence-electron chi connectivity index (χ0n) is 13.5. The molecule has 0 atom stereocenters. The third-order valence-corrected chi connectivity index (χ3v) is 3.18. The molecule has 0 spiro atoms. The second-order valence-corrected chi connectivity index (χ2v) is 5.06. The minimum Gasteiger partial charge on any atom is -0.351 e. The molecule has 0 bridgehead atoms. The van der Waals surface area contributed by atoms with Crippen molar-refractivity contribution in [3.63, 3.8) is 0 Å². The van der Waals surface area contributed by atoms with Crippen LogP contribution in [0.4, 0.5) is 0 Å². The molecule has 0 aliphatic rings. The van der Waals surface area contributed by atoms with Gasteiger partial charge in [-0.2, -0.15) is 0 Å². The minimum atomic E-state index is -0.354. The van der Waals surface area contributed by atoms with E-state index in [4.69, 9.17) is 0 Å². The first-order valence-electron chi connectivity index (χ1n) is 7.78. The number of amides is 2. The molecule has 2 rings (SSSR count). The van der Waals surface area contributed by atoms with Crippen molar-refractivity contribution in [1.82, 2.24) is 10.6 Å². The largest absolute Gasteiger partial charge is 0.351 e. The van der Waals surface area contributed by atoms with Crippen LogP contribution in [0.15, 0.2) is 72.4 Å². The fraction of sp³-hybridized carbons (Fsp3) is 0.100. The SMILES string of the molecule is CCNC(=O)/C(=C/c1ccccc1)NC(=O)/C=C/c1ccccc1. The Kier molecular flexibility index (Phi) is 6.53. The van der Waals surface area contributed by atoms with Gasteiger partial charge in [0, 0.05) is 12.6 Å². The lowest BCUT2D eigenvalue weighted by Crippen LogP contribution is -2.34. The van der Waals surface area contributed by atoms with Gasteiger partial charge in [0.25, 0.3) is 5.91 Å². The van der Waals surface area contributed by atoms with Crippen LogP contribution in [0.2, 0.25) is 0 Å². The molecule has 0 aliphatic carbocycles. The van der Waals surface area contributed by atoms with Crippen molar-refractivity contribution in [2.24, 2.45) is 0 Å². The van der Waals surface area contributed by atoms with Gasteiger partial charge in [0.05, 0.1) is 0 Å². The summed E-state index contributed by atoms with van der Waals surface area (Å²) in [6.45, 7) is 2.32. The normalized spacial score (nSPS) is 11.3. The van der Waals surface area contributed by atoms with Gasteiger partial charge in [-0.3, -0.25) is 9.59 Å².